The van der Waals surface area contributed by atoms with Crippen LogP contribution in [0.3, 0.4) is 0 Å². The van der Waals surface area contributed by atoms with Gasteiger partial charge in [-0.2, -0.15) is 0 Å². The molecule has 2 aromatic rings. The number of carbonyl (C=O) groups excluding carboxylic acids is 1. The number of hydrogen-bond acceptors (Lipinski definition) is 6. The molecule has 19 heavy (non-hydrogen) atoms. The summed E-state index contributed by atoms with van der Waals surface area (Å²) in [5, 5.41) is 5.60. The smallest absolute Gasteiger partial charge is 0.258 e. The number of aryl methyl sites for hydroxylation is 1. The highest BCUT2D eigenvalue weighted by molar-refractivity contribution is 6.33. The first kappa shape index (κ1) is 13.2. The van der Waals surface area contributed by atoms with Gasteiger partial charge in [-0.1, -0.05) is 11.6 Å². The second kappa shape index (κ2) is 5.57. The van der Waals surface area contributed by atoms with Crippen LogP contribution < -0.4 is 10.6 Å². The number of hydrogen-bond donors (Lipinski definition) is 2. The Balaban J connectivity index is 2.26. The molecule has 0 bridgehead atoms. The third kappa shape index (κ3) is 2.94. The fourth-order valence-corrected chi connectivity index (χ4v) is 1.54. The first-order chi connectivity index (χ1) is 9.11. The molecule has 0 fully saturated rings. The van der Waals surface area contributed by atoms with Gasteiger partial charge in [-0.15, -0.1) is 0 Å². The summed E-state index contributed by atoms with van der Waals surface area (Å²) in [5.41, 5.74) is 0.643. The van der Waals surface area contributed by atoms with Crippen LogP contribution in [0, 0.1) is 6.92 Å². The number of halogens is 1. The normalized spacial score (nSPS) is 10.1. The molecule has 0 atom stereocenters. The van der Waals surface area contributed by atoms with Crippen LogP contribution in [0.25, 0.3) is 0 Å². The van der Waals surface area contributed by atoms with Crippen molar-refractivity contribution in [3.8, 4) is 0 Å². The van der Waals surface area contributed by atoms with E-state index >= 15 is 0 Å². The van der Waals surface area contributed by atoms with Gasteiger partial charge in [0, 0.05) is 19.4 Å². The van der Waals surface area contributed by atoms with Crippen molar-refractivity contribution < 1.29 is 4.79 Å². The lowest BCUT2D eigenvalue weighted by molar-refractivity contribution is 0.102. The zero-order chi connectivity index (χ0) is 13.8. The van der Waals surface area contributed by atoms with Gasteiger partial charge in [0.2, 0.25) is 0 Å². The highest BCUT2D eigenvalue weighted by Crippen LogP contribution is 2.25. The lowest BCUT2D eigenvalue weighted by Gasteiger charge is -2.10. The summed E-state index contributed by atoms with van der Waals surface area (Å²) >= 11 is 5.93. The number of rotatable bonds is 3. The minimum Gasteiger partial charge on any atom is -0.371 e. The average molecular weight is 279 g/mol. The highest BCUT2D eigenvalue weighted by atomic mass is 35.5. The summed E-state index contributed by atoms with van der Waals surface area (Å²) in [7, 11) is 1.67. The SMILES string of the molecule is CNc1ncnc(Cl)c1NC(=O)c1cnc(C)nc1. The molecule has 0 radical (unpaired) electrons. The molecule has 0 aliphatic rings. The van der Waals surface area contributed by atoms with Crippen LogP contribution in [0.5, 0.6) is 0 Å². The monoisotopic (exact) mass is 278 g/mol. The minimum absolute atomic E-state index is 0.153. The van der Waals surface area contributed by atoms with E-state index in [1.807, 2.05) is 0 Å². The van der Waals surface area contributed by atoms with Crippen molar-refractivity contribution in [2.45, 2.75) is 6.92 Å². The van der Waals surface area contributed by atoms with Gasteiger partial charge in [0.05, 0.1) is 5.56 Å². The Labute approximate surface area is 114 Å². The van der Waals surface area contributed by atoms with E-state index in [-0.39, 0.29) is 11.1 Å². The molecular weight excluding hydrogens is 268 g/mol. The summed E-state index contributed by atoms with van der Waals surface area (Å²) in [6, 6.07) is 0. The molecule has 8 heteroatoms. The Morgan fingerprint density at radius 3 is 2.53 bits per heavy atom. The molecule has 1 amide bonds. The van der Waals surface area contributed by atoms with E-state index in [2.05, 4.69) is 30.6 Å². The predicted octanol–water partition coefficient (Wildman–Crippen LogP) is 1.52. The standard InChI is InChI=1S/C11H11ClN6O/c1-6-14-3-7(4-15-6)11(19)18-8-9(12)16-5-17-10(8)13-2/h3-5H,1-2H3,(H,18,19)(H,13,16,17). The average Bonchev–Trinajstić information content (AvgIpc) is 2.41. The Bertz CT molecular complexity index is 601. The molecule has 2 heterocycles. The summed E-state index contributed by atoms with van der Waals surface area (Å²) in [5.74, 6) is 0.642. The number of carbonyl (C=O) groups is 1. The van der Waals surface area contributed by atoms with E-state index in [0.717, 1.165) is 0 Å². The van der Waals surface area contributed by atoms with Crippen LogP contribution in [0.1, 0.15) is 16.2 Å². The zero-order valence-corrected chi connectivity index (χ0v) is 11.1. The highest BCUT2D eigenvalue weighted by Gasteiger charge is 2.14. The second-order valence-electron chi connectivity index (χ2n) is 3.61. The number of amides is 1. The molecule has 2 aromatic heterocycles. The number of aromatic nitrogens is 4. The third-order valence-electron chi connectivity index (χ3n) is 2.32. The quantitative estimate of drug-likeness (QED) is 0.827. The van der Waals surface area contributed by atoms with Crippen molar-refractivity contribution >= 4 is 29.0 Å². The zero-order valence-electron chi connectivity index (χ0n) is 10.3. The van der Waals surface area contributed by atoms with Crippen molar-refractivity contribution in [3.05, 3.63) is 35.3 Å². The van der Waals surface area contributed by atoms with Crippen LogP contribution in [0.15, 0.2) is 18.7 Å². The third-order valence-corrected chi connectivity index (χ3v) is 2.61. The molecular formula is C11H11ClN6O. The van der Waals surface area contributed by atoms with E-state index in [1.165, 1.54) is 18.7 Å². The number of anilines is 2. The largest absolute Gasteiger partial charge is 0.371 e. The first-order valence-electron chi connectivity index (χ1n) is 5.40. The van der Waals surface area contributed by atoms with Gasteiger partial charge in [0.25, 0.3) is 5.91 Å². The van der Waals surface area contributed by atoms with Crippen molar-refractivity contribution in [1.82, 2.24) is 19.9 Å². The van der Waals surface area contributed by atoms with Crippen LogP contribution in [-0.4, -0.2) is 32.9 Å². The Morgan fingerprint density at radius 2 is 1.89 bits per heavy atom. The molecule has 0 saturated carbocycles. The van der Waals surface area contributed by atoms with E-state index < -0.39 is 0 Å². The van der Waals surface area contributed by atoms with Crippen molar-refractivity contribution in [3.63, 3.8) is 0 Å². The van der Waals surface area contributed by atoms with Crippen molar-refractivity contribution in [2.24, 2.45) is 0 Å². The van der Waals surface area contributed by atoms with E-state index in [0.29, 0.717) is 22.9 Å². The van der Waals surface area contributed by atoms with E-state index in [4.69, 9.17) is 11.6 Å². The molecule has 98 valence electrons. The summed E-state index contributed by atoms with van der Waals surface area (Å²) in [6.45, 7) is 1.74. The molecule has 0 spiro atoms. The maximum atomic E-state index is 12.0. The maximum absolute atomic E-state index is 12.0. The van der Waals surface area contributed by atoms with Crippen LogP contribution in [-0.2, 0) is 0 Å². The molecule has 0 aromatic carbocycles. The van der Waals surface area contributed by atoms with Crippen molar-refractivity contribution in [2.75, 3.05) is 17.7 Å². The van der Waals surface area contributed by atoms with Crippen LogP contribution >= 0.6 is 11.6 Å². The van der Waals surface area contributed by atoms with Gasteiger partial charge in [-0.25, -0.2) is 19.9 Å². The number of nitrogens with zero attached hydrogens (tertiary/aromatic N) is 4. The van der Waals surface area contributed by atoms with E-state index in [1.54, 1.807) is 14.0 Å². The minimum atomic E-state index is -0.381. The molecule has 0 unspecified atom stereocenters. The topological polar surface area (TPSA) is 92.7 Å². The number of nitrogens with one attached hydrogen (secondary N) is 2. The molecule has 7 nitrogen and oxygen atoms in total. The summed E-state index contributed by atoms with van der Waals surface area (Å²) in [6.07, 6.45) is 4.18. The van der Waals surface area contributed by atoms with E-state index in [9.17, 15) is 4.79 Å². The summed E-state index contributed by atoms with van der Waals surface area (Å²) in [4.78, 5) is 27.7. The van der Waals surface area contributed by atoms with Gasteiger partial charge >= 0.3 is 0 Å². The first-order valence-corrected chi connectivity index (χ1v) is 5.78. The van der Waals surface area contributed by atoms with Gasteiger partial charge in [-0.05, 0) is 6.92 Å². The molecule has 0 aliphatic heterocycles. The van der Waals surface area contributed by atoms with Gasteiger partial charge < -0.3 is 10.6 Å². The lowest BCUT2D eigenvalue weighted by Crippen LogP contribution is -2.15. The fourth-order valence-electron chi connectivity index (χ4n) is 1.36. The van der Waals surface area contributed by atoms with Gasteiger partial charge in [0.1, 0.15) is 17.8 Å². The van der Waals surface area contributed by atoms with Crippen LogP contribution in [0.2, 0.25) is 5.15 Å². The Kier molecular flexibility index (Phi) is 3.86. The second-order valence-corrected chi connectivity index (χ2v) is 3.97. The molecule has 2 N–H and O–H groups in total. The van der Waals surface area contributed by atoms with Crippen molar-refractivity contribution in [1.29, 1.82) is 0 Å². The molecule has 2 rings (SSSR count). The van der Waals surface area contributed by atoms with Crippen LogP contribution in [0.4, 0.5) is 11.5 Å². The molecule has 0 saturated heterocycles. The molecule has 0 aliphatic carbocycles. The van der Waals surface area contributed by atoms with Gasteiger partial charge in [-0.3, -0.25) is 4.79 Å². The van der Waals surface area contributed by atoms with Gasteiger partial charge in [0.15, 0.2) is 11.0 Å². The predicted molar refractivity (Wildman–Crippen MR) is 71.3 cm³/mol. The Morgan fingerprint density at radius 1 is 1.21 bits per heavy atom. The fraction of sp³-hybridized carbons (Fsp3) is 0.182. The lowest BCUT2D eigenvalue weighted by atomic mass is 10.3. The maximum Gasteiger partial charge on any atom is 0.258 e. The summed E-state index contributed by atoms with van der Waals surface area (Å²) < 4.78 is 0. The Hall–Kier alpha value is -2.28.